The quantitative estimate of drug-likeness (QED) is 0.591. The zero-order valence-corrected chi connectivity index (χ0v) is 10.7. The molecule has 1 radical (unpaired) electrons. The van der Waals surface area contributed by atoms with Crippen LogP contribution in [0.1, 0.15) is 66.7 Å². The summed E-state index contributed by atoms with van der Waals surface area (Å²) in [7, 11) is 0. The molecular formula is C14H27. The van der Waals surface area contributed by atoms with E-state index >= 15 is 0 Å². The van der Waals surface area contributed by atoms with Gasteiger partial charge in [0.15, 0.2) is 0 Å². The summed E-state index contributed by atoms with van der Waals surface area (Å²) in [6, 6.07) is 0. The lowest BCUT2D eigenvalue weighted by atomic mass is 9.64. The van der Waals surface area contributed by atoms with E-state index in [1.54, 1.807) is 0 Å². The first-order valence-electron chi connectivity index (χ1n) is 6.30. The zero-order chi connectivity index (χ0) is 10.8. The molecule has 0 heteroatoms. The van der Waals surface area contributed by atoms with E-state index in [1.165, 1.54) is 32.1 Å². The molecule has 0 spiro atoms. The van der Waals surface area contributed by atoms with E-state index < -0.39 is 0 Å². The lowest BCUT2D eigenvalue weighted by molar-refractivity contribution is 0.237. The molecule has 0 aromatic carbocycles. The molecule has 0 aromatic rings. The summed E-state index contributed by atoms with van der Waals surface area (Å²) in [6.07, 6.45) is 7.27. The Hall–Kier alpha value is 0. The molecular weight excluding hydrogens is 168 g/mol. The summed E-state index contributed by atoms with van der Waals surface area (Å²) in [5.74, 6) is 3.50. The second kappa shape index (κ2) is 4.68. The Morgan fingerprint density at radius 3 is 1.86 bits per heavy atom. The summed E-state index contributed by atoms with van der Waals surface area (Å²) in [5, 5.41) is 0. The maximum Gasteiger partial charge on any atom is -0.0131 e. The van der Waals surface area contributed by atoms with Crippen LogP contribution >= 0.6 is 0 Å². The second-order valence-electron chi connectivity index (χ2n) is 6.19. The minimum atomic E-state index is 0.413. The van der Waals surface area contributed by atoms with Crippen molar-refractivity contribution in [2.24, 2.45) is 17.3 Å². The van der Waals surface area contributed by atoms with Gasteiger partial charge in [-0.1, -0.05) is 53.9 Å². The molecule has 1 fully saturated rings. The summed E-state index contributed by atoms with van der Waals surface area (Å²) < 4.78 is 0. The van der Waals surface area contributed by atoms with Crippen LogP contribution in [0.4, 0.5) is 0 Å². The lowest BCUT2D eigenvalue weighted by Crippen LogP contribution is -2.31. The zero-order valence-electron chi connectivity index (χ0n) is 10.7. The van der Waals surface area contributed by atoms with Crippen LogP contribution in [0, 0.1) is 23.2 Å². The molecule has 0 aromatic heterocycles. The van der Waals surface area contributed by atoms with E-state index in [0.717, 1.165) is 11.8 Å². The van der Waals surface area contributed by atoms with Gasteiger partial charge < -0.3 is 0 Å². The fraction of sp³-hybridized carbons (Fsp3) is 0.929. The van der Waals surface area contributed by atoms with Gasteiger partial charge >= 0.3 is 0 Å². The van der Waals surface area contributed by atoms with Crippen molar-refractivity contribution in [3.63, 3.8) is 0 Å². The summed E-state index contributed by atoms with van der Waals surface area (Å²) in [4.78, 5) is 0. The molecule has 1 aliphatic rings. The van der Waals surface area contributed by atoms with E-state index in [2.05, 4.69) is 34.6 Å². The van der Waals surface area contributed by atoms with Crippen LogP contribution in [0.25, 0.3) is 0 Å². The summed E-state index contributed by atoms with van der Waals surface area (Å²) in [6.45, 7) is 11.9. The van der Waals surface area contributed by atoms with Crippen molar-refractivity contribution in [2.75, 3.05) is 0 Å². The Labute approximate surface area is 90.5 Å². The summed E-state index contributed by atoms with van der Waals surface area (Å²) in [5.41, 5.74) is 0.413. The Morgan fingerprint density at radius 2 is 1.50 bits per heavy atom. The van der Waals surface area contributed by atoms with Crippen LogP contribution in [0.3, 0.4) is 0 Å². The van der Waals surface area contributed by atoms with E-state index in [4.69, 9.17) is 0 Å². The normalized spacial score (nSPS) is 20.8. The van der Waals surface area contributed by atoms with Crippen LogP contribution in [0.5, 0.6) is 0 Å². The van der Waals surface area contributed by atoms with Gasteiger partial charge in [-0.2, -0.15) is 0 Å². The SMILES string of the molecule is CC(C)[C](C1CCCCC1)C(C)(C)C. The van der Waals surface area contributed by atoms with Crippen molar-refractivity contribution in [3.8, 4) is 0 Å². The van der Waals surface area contributed by atoms with E-state index in [9.17, 15) is 0 Å². The Bertz CT molecular complexity index is 155. The standard InChI is InChI=1S/C14H27/c1-11(2)13(14(3,4)5)12-9-7-6-8-10-12/h11-12H,6-10H2,1-5H3. The Balaban J connectivity index is 2.66. The molecule has 0 atom stereocenters. The summed E-state index contributed by atoms with van der Waals surface area (Å²) >= 11 is 0. The van der Waals surface area contributed by atoms with E-state index in [0.29, 0.717) is 5.41 Å². The lowest BCUT2D eigenvalue weighted by Gasteiger charge is -2.41. The number of hydrogen-bond acceptors (Lipinski definition) is 0. The molecule has 0 unspecified atom stereocenters. The van der Waals surface area contributed by atoms with Crippen molar-refractivity contribution in [2.45, 2.75) is 66.7 Å². The highest BCUT2D eigenvalue weighted by molar-refractivity contribution is 5.08. The van der Waals surface area contributed by atoms with Crippen LogP contribution in [0.2, 0.25) is 0 Å². The van der Waals surface area contributed by atoms with Crippen molar-refractivity contribution < 1.29 is 0 Å². The third-order valence-corrected chi connectivity index (χ3v) is 3.53. The van der Waals surface area contributed by atoms with Gasteiger partial charge in [0, 0.05) is 0 Å². The van der Waals surface area contributed by atoms with Gasteiger partial charge in [0.05, 0.1) is 0 Å². The maximum absolute atomic E-state index is 2.39. The fourth-order valence-electron chi connectivity index (χ4n) is 3.36. The van der Waals surface area contributed by atoms with Gasteiger partial charge in [0.2, 0.25) is 0 Å². The average molecular weight is 195 g/mol. The van der Waals surface area contributed by atoms with Crippen LogP contribution in [0.15, 0.2) is 0 Å². The molecule has 0 N–H and O–H groups in total. The van der Waals surface area contributed by atoms with Crippen molar-refractivity contribution >= 4 is 0 Å². The average Bonchev–Trinajstić information content (AvgIpc) is 2.02. The van der Waals surface area contributed by atoms with Crippen LogP contribution < -0.4 is 0 Å². The number of hydrogen-bond donors (Lipinski definition) is 0. The van der Waals surface area contributed by atoms with E-state index in [1.807, 2.05) is 5.92 Å². The van der Waals surface area contributed by atoms with Gasteiger partial charge in [-0.25, -0.2) is 0 Å². The monoisotopic (exact) mass is 195 g/mol. The molecule has 0 heterocycles. The van der Waals surface area contributed by atoms with Crippen molar-refractivity contribution in [1.29, 1.82) is 0 Å². The van der Waals surface area contributed by atoms with Gasteiger partial charge in [-0.3, -0.25) is 0 Å². The molecule has 1 saturated carbocycles. The Kier molecular flexibility index (Phi) is 4.04. The van der Waals surface area contributed by atoms with Crippen molar-refractivity contribution in [3.05, 3.63) is 5.92 Å². The highest BCUT2D eigenvalue weighted by Crippen LogP contribution is 2.45. The molecule has 1 rings (SSSR count). The Morgan fingerprint density at radius 1 is 1.00 bits per heavy atom. The molecule has 0 saturated heterocycles. The van der Waals surface area contributed by atoms with Gasteiger partial charge in [0.25, 0.3) is 0 Å². The molecule has 1 aliphatic carbocycles. The molecule has 14 heavy (non-hydrogen) atoms. The molecule has 0 aliphatic heterocycles. The molecule has 83 valence electrons. The van der Waals surface area contributed by atoms with Gasteiger partial charge in [-0.05, 0) is 36.0 Å². The minimum Gasteiger partial charge on any atom is -0.0622 e. The predicted molar refractivity (Wildman–Crippen MR) is 64.1 cm³/mol. The highest BCUT2D eigenvalue weighted by atomic mass is 14.4. The topological polar surface area (TPSA) is 0 Å². The molecule has 0 nitrogen and oxygen atoms in total. The van der Waals surface area contributed by atoms with Crippen LogP contribution in [-0.4, -0.2) is 0 Å². The predicted octanol–water partition coefficient (Wildman–Crippen LogP) is 4.84. The first-order chi connectivity index (χ1) is 6.43. The smallest absolute Gasteiger partial charge is 0.0131 e. The molecule has 0 bridgehead atoms. The van der Waals surface area contributed by atoms with Gasteiger partial charge in [0.1, 0.15) is 0 Å². The van der Waals surface area contributed by atoms with Gasteiger partial charge in [-0.15, -0.1) is 0 Å². The fourth-order valence-corrected chi connectivity index (χ4v) is 3.36. The van der Waals surface area contributed by atoms with Crippen LogP contribution in [-0.2, 0) is 0 Å². The third-order valence-electron chi connectivity index (χ3n) is 3.53. The minimum absolute atomic E-state index is 0.413. The first kappa shape index (κ1) is 12.1. The van der Waals surface area contributed by atoms with Crippen molar-refractivity contribution in [1.82, 2.24) is 0 Å². The highest BCUT2D eigenvalue weighted by Gasteiger charge is 2.35. The number of rotatable bonds is 2. The second-order valence-corrected chi connectivity index (χ2v) is 6.19. The largest absolute Gasteiger partial charge is 0.0622 e. The third kappa shape index (κ3) is 3.00. The van der Waals surface area contributed by atoms with E-state index in [-0.39, 0.29) is 0 Å². The molecule has 0 amide bonds. The first-order valence-corrected chi connectivity index (χ1v) is 6.30. The maximum atomic E-state index is 2.39.